The number of carbonyl (C=O) groups is 2. The highest BCUT2D eigenvalue weighted by molar-refractivity contribution is 6.31. The van der Waals surface area contributed by atoms with Gasteiger partial charge in [-0.1, -0.05) is 47.1 Å². The molecule has 3 aromatic rings. The van der Waals surface area contributed by atoms with Crippen LogP contribution in [0.4, 0.5) is 0 Å². The molecule has 0 aliphatic carbocycles. The summed E-state index contributed by atoms with van der Waals surface area (Å²) in [5.41, 5.74) is 1.97. The van der Waals surface area contributed by atoms with E-state index in [1.807, 2.05) is 18.2 Å². The van der Waals surface area contributed by atoms with E-state index >= 15 is 0 Å². The Morgan fingerprint density at radius 1 is 1.16 bits per heavy atom. The number of nitrogens with one attached hydrogen (secondary N) is 1. The first-order valence-electron chi connectivity index (χ1n) is 7.58. The molecule has 0 saturated heterocycles. The molecule has 3 rings (SSSR count). The average Bonchev–Trinajstić information content (AvgIpc) is 2.97. The van der Waals surface area contributed by atoms with Crippen LogP contribution in [0.5, 0.6) is 0 Å². The molecule has 0 saturated carbocycles. The second-order valence-corrected chi connectivity index (χ2v) is 5.88. The first-order chi connectivity index (χ1) is 12.0. The molecule has 0 aliphatic rings. The van der Waals surface area contributed by atoms with Crippen molar-refractivity contribution in [2.45, 2.75) is 19.0 Å². The first-order valence-corrected chi connectivity index (χ1v) is 7.96. The number of halogens is 1. The predicted octanol–water partition coefficient (Wildman–Crippen LogP) is 2.42. The van der Waals surface area contributed by atoms with Crippen LogP contribution in [0.25, 0.3) is 11.0 Å². The lowest BCUT2D eigenvalue weighted by Gasteiger charge is -2.18. The molecule has 1 heterocycles. The number of rotatable bonds is 6. The Morgan fingerprint density at radius 2 is 1.88 bits per heavy atom. The molecular formula is C17H15ClN4O3. The SMILES string of the molecule is O=C(O)CC(NC(=O)Cn1nnc2ccccc21)c1ccccc1Cl. The van der Waals surface area contributed by atoms with Gasteiger partial charge in [-0.15, -0.1) is 5.10 Å². The second-order valence-electron chi connectivity index (χ2n) is 5.48. The number of aliphatic carboxylic acids is 1. The normalized spacial score (nSPS) is 12.0. The second kappa shape index (κ2) is 7.31. The van der Waals surface area contributed by atoms with Gasteiger partial charge in [0.15, 0.2) is 0 Å². The number of benzene rings is 2. The highest BCUT2D eigenvalue weighted by atomic mass is 35.5. The van der Waals surface area contributed by atoms with Gasteiger partial charge in [0.1, 0.15) is 12.1 Å². The third-order valence-corrected chi connectivity index (χ3v) is 4.05. The molecule has 2 N–H and O–H groups in total. The van der Waals surface area contributed by atoms with Crippen molar-refractivity contribution >= 4 is 34.5 Å². The van der Waals surface area contributed by atoms with Crippen LogP contribution < -0.4 is 5.32 Å². The fourth-order valence-electron chi connectivity index (χ4n) is 2.58. The molecule has 0 aliphatic heterocycles. The summed E-state index contributed by atoms with van der Waals surface area (Å²) in [5.74, 6) is -1.40. The molecule has 0 spiro atoms. The number of hydrogen-bond acceptors (Lipinski definition) is 4. The third kappa shape index (κ3) is 3.95. The maximum atomic E-state index is 12.4. The Hall–Kier alpha value is -2.93. The van der Waals surface area contributed by atoms with Crippen molar-refractivity contribution in [2.75, 3.05) is 0 Å². The number of carboxylic acids is 1. The molecule has 0 fully saturated rings. The highest BCUT2D eigenvalue weighted by Crippen LogP contribution is 2.25. The zero-order valence-corrected chi connectivity index (χ0v) is 13.8. The summed E-state index contributed by atoms with van der Waals surface area (Å²) in [6.45, 7) is -0.0684. The van der Waals surface area contributed by atoms with E-state index in [9.17, 15) is 9.59 Å². The molecule has 1 aromatic heterocycles. The highest BCUT2D eigenvalue weighted by Gasteiger charge is 2.21. The van der Waals surface area contributed by atoms with E-state index in [0.29, 0.717) is 16.1 Å². The van der Waals surface area contributed by atoms with E-state index in [2.05, 4.69) is 15.6 Å². The lowest BCUT2D eigenvalue weighted by atomic mass is 10.0. The molecule has 128 valence electrons. The number of amides is 1. The molecule has 0 bridgehead atoms. The molecule has 25 heavy (non-hydrogen) atoms. The van der Waals surface area contributed by atoms with Gasteiger partial charge in [0.2, 0.25) is 5.91 Å². The maximum Gasteiger partial charge on any atom is 0.305 e. The van der Waals surface area contributed by atoms with E-state index in [-0.39, 0.29) is 18.9 Å². The van der Waals surface area contributed by atoms with Crippen LogP contribution >= 0.6 is 11.6 Å². The molecule has 1 atom stereocenters. The quantitative estimate of drug-likeness (QED) is 0.705. The number of para-hydroxylation sites is 1. The van der Waals surface area contributed by atoms with Crippen molar-refractivity contribution in [1.29, 1.82) is 0 Å². The van der Waals surface area contributed by atoms with Crippen molar-refractivity contribution in [1.82, 2.24) is 20.3 Å². The van der Waals surface area contributed by atoms with Crippen molar-refractivity contribution in [3.8, 4) is 0 Å². The summed E-state index contributed by atoms with van der Waals surface area (Å²) in [6, 6.07) is 13.4. The van der Waals surface area contributed by atoms with Gasteiger partial charge < -0.3 is 10.4 Å². The monoisotopic (exact) mass is 358 g/mol. The lowest BCUT2D eigenvalue weighted by molar-refractivity contribution is -0.137. The third-order valence-electron chi connectivity index (χ3n) is 3.71. The van der Waals surface area contributed by atoms with Crippen LogP contribution in [0.1, 0.15) is 18.0 Å². The van der Waals surface area contributed by atoms with Crippen LogP contribution in [0, 0.1) is 0 Å². The minimum atomic E-state index is -1.03. The summed E-state index contributed by atoms with van der Waals surface area (Å²) in [6.07, 6.45) is -0.270. The van der Waals surface area contributed by atoms with Crippen LogP contribution in [0.3, 0.4) is 0 Å². The number of fused-ring (bicyclic) bond motifs is 1. The molecule has 1 unspecified atom stereocenters. The van der Waals surface area contributed by atoms with Crippen molar-refractivity contribution < 1.29 is 14.7 Å². The lowest BCUT2D eigenvalue weighted by Crippen LogP contribution is -2.33. The number of aromatic nitrogens is 3. The first kappa shape index (κ1) is 16.9. The number of carboxylic acid groups (broad SMARTS) is 1. The van der Waals surface area contributed by atoms with Gasteiger partial charge in [-0.3, -0.25) is 9.59 Å². The van der Waals surface area contributed by atoms with Crippen LogP contribution in [0.2, 0.25) is 5.02 Å². The van der Waals surface area contributed by atoms with Crippen LogP contribution in [-0.2, 0) is 16.1 Å². The van der Waals surface area contributed by atoms with Gasteiger partial charge in [-0.2, -0.15) is 0 Å². The summed E-state index contributed by atoms with van der Waals surface area (Å²) in [4.78, 5) is 23.5. The maximum absolute atomic E-state index is 12.4. The molecule has 7 nitrogen and oxygen atoms in total. The zero-order chi connectivity index (χ0) is 17.8. The Morgan fingerprint density at radius 3 is 2.64 bits per heavy atom. The van der Waals surface area contributed by atoms with E-state index in [1.54, 1.807) is 30.3 Å². The van der Waals surface area contributed by atoms with Crippen molar-refractivity contribution in [3.63, 3.8) is 0 Å². The van der Waals surface area contributed by atoms with Gasteiger partial charge in [0.25, 0.3) is 0 Å². The summed E-state index contributed by atoms with van der Waals surface area (Å²) < 4.78 is 1.47. The van der Waals surface area contributed by atoms with Crippen molar-refractivity contribution in [2.24, 2.45) is 0 Å². The fraction of sp³-hybridized carbons (Fsp3) is 0.176. The molecular weight excluding hydrogens is 344 g/mol. The van der Waals surface area contributed by atoms with E-state index in [4.69, 9.17) is 16.7 Å². The van der Waals surface area contributed by atoms with Crippen LogP contribution in [-0.4, -0.2) is 32.0 Å². The van der Waals surface area contributed by atoms with Crippen LogP contribution in [0.15, 0.2) is 48.5 Å². The summed E-state index contributed by atoms with van der Waals surface area (Å²) >= 11 is 6.13. The minimum absolute atomic E-state index is 0.0684. The Labute approximate surface area is 148 Å². The van der Waals surface area contributed by atoms with Gasteiger partial charge in [-0.05, 0) is 23.8 Å². The largest absolute Gasteiger partial charge is 0.481 e. The van der Waals surface area contributed by atoms with E-state index < -0.39 is 12.0 Å². The van der Waals surface area contributed by atoms with E-state index in [1.165, 1.54) is 4.68 Å². The Kier molecular flexibility index (Phi) is 4.95. The number of nitrogens with zero attached hydrogens (tertiary/aromatic N) is 3. The van der Waals surface area contributed by atoms with Crippen molar-refractivity contribution in [3.05, 3.63) is 59.1 Å². The van der Waals surface area contributed by atoms with Gasteiger partial charge in [0, 0.05) is 5.02 Å². The fourth-order valence-corrected chi connectivity index (χ4v) is 2.85. The summed E-state index contributed by atoms with van der Waals surface area (Å²) in [5, 5.41) is 20.2. The Bertz CT molecular complexity index is 925. The molecule has 0 radical (unpaired) electrons. The minimum Gasteiger partial charge on any atom is -0.481 e. The zero-order valence-electron chi connectivity index (χ0n) is 13.1. The van der Waals surface area contributed by atoms with Gasteiger partial charge in [-0.25, -0.2) is 4.68 Å². The van der Waals surface area contributed by atoms with Gasteiger partial charge >= 0.3 is 5.97 Å². The summed E-state index contributed by atoms with van der Waals surface area (Å²) in [7, 11) is 0. The predicted molar refractivity (Wildman–Crippen MR) is 92.1 cm³/mol. The standard InChI is InChI=1S/C17H15ClN4O3/c18-12-6-2-1-5-11(12)14(9-17(24)25)19-16(23)10-22-15-8-4-3-7-13(15)20-21-22/h1-8,14H,9-10H2,(H,19,23)(H,24,25). The smallest absolute Gasteiger partial charge is 0.305 e. The molecule has 8 heteroatoms. The van der Waals surface area contributed by atoms with E-state index in [0.717, 1.165) is 5.52 Å². The number of carbonyl (C=O) groups excluding carboxylic acids is 1. The number of hydrogen-bond donors (Lipinski definition) is 2. The topological polar surface area (TPSA) is 97.1 Å². The molecule has 1 amide bonds. The Balaban J connectivity index is 1.78. The molecule has 2 aromatic carbocycles. The average molecular weight is 359 g/mol. The van der Waals surface area contributed by atoms with Gasteiger partial charge in [0.05, 0.1) is 18.0 Å².